The second-order valence-electron chi connectivity index (χ2n) is 3.74. The fraction of sp³-hybridized carbons (Fsp3) is 0. The average molecular weight is 313 g/mol. The zero-order valence-corrected chi connectivity index (χ0v) is 10.8. The van der Waals surface area contributed by atoms with E-state index >= 15 is 0 Å². The molecule has 0 radical (unpaired) electrons. The highest BCUT2D eigenvalue weighted by Gasteiger charge is 2.36. The number of sulfone groups is 1. The van der Waals surface area contributed by atoms with E-state index in [-0.39, 0.29) is 14.3 Å². The summed E-state index contributed by atoms with van der Waals surface area (Å²) in [6.07, 6.45) is 0. The fourth-order valence-electron chi connectivity index (χ4n) is 2.04. The smallest absolute Gasteiger partial charge is 0.210 e. The molecule has 0 spiro atoms. The molecule has 2 aromatic rings. The largest absolute Gasteiger partial charge is 0.218 e. The summed E-state index contributed by atoms with van der Waals surface area (Å²) in [6.45, 7) is 0. The summed E-state index contributed by atoms with van der Waals surface area (Å²) in [5, 5.41) is 0. The third kappa shape index (κ3) is 1.32. The van der Waals surface area contributed by atoms with Gasteiger partial charge in [0, 0.05) is 11.1 Å². The second kappa shape index (κ2) is 3.40. The summed E-state index contributed by atoms with van der Waals surface area (Å²) in [5.41, 5.74) is 0.996. The van der Waals surface area contributed by atoms with E-state index in [2.05, 4.69) is 15.9 Å². The Balaban J connectivity index is 2.53. The molecule has 0 N–H and O–H groups in total. The maximum atomic E-state index is 13.9. The maximum Gasteiger partial charge on any atom is 0.210 e. The van der Waals surface area contributed by atoms with Gasteiger partial charge in [0.2, 0.25) is 9.84 Å². The molecule has 86 valence electrons. The van der Waals surface area contributed by atoms with E-state index in [1.807, 2.05) is 0 Å². The number of rotatable bonds is 0. The third-order valence-electron chi connectivity index (χ3n) is 2.79. The Morgan fingerprint density at radius 2 is 1.71 bits per heavy atom. The van der Waals surface area contributed by atoms with Crippen LogP contribution in [0.4, 0.5) is 4.39 Å². The standard InChI is InChI=1S/C12H6BrFO2S/c13-9-6-5-8-7-3-1-2-4-10(7)17(15,16)12(8)11(9)14/h1-6H. The molecule has 0 aromatic heterocycles. The molecule has 2 nitrogen and oxygen atoms in total. The minimum absolute atomic E-state index is 0.160. The van der Waals surface area contributed by atoms with Gasteiger partial charge in [0.15, 0.2) is 5.82 Å². The Morgan fingerprint density at radius 3 is 2.47 bits per heavy atom. The van der Waals surface area contributed by atoms with Crippen LogP contribution in [0.25, 0.3) is 11.1 Å². The Kier molecular flexibility index (Phi) is 2.18. The lowest BCUT2D eigenvalue weighted by atomic mass is 10.1. The Hall–Kier alpha value is -1.20. The third-order valence-corrected chi connectivity index (χ3v) is 5.27. The fourth-order valence-corrected chi connectivity index (χ4v) is 4.26. The molecule has 0 bridgehead atoms. The van der Waals surface area contributed by atoms with E-state index in [9.17, 15) is 12.8 Å². The number of hydrogen-bond donors (Lipinski definition) is 0. The lowest BCUT2D eigenvalue weighted by Crippen LogP contribution is -2.00. The minimum Gasteiger partial charge on any atom is -0.218 e. The van der Waals surface area contributed by atoms with Crippen LogP contribution in [0.2, 0.25) is 0 Å². The van der Waals surface area contributed by atoms with Gasteiger partial charge >= 0.3 is 0 Å². The Labute approximate surface area is 106 Å². The van der Waals surface area contributed by atoms with Crippen molar-refractivity contribution in [3.63, 3.8) is 0 Å². The molecule has 0 aliphatic carbocycles. The van der Waals surface area contributed by atoms with Crippen LogP contribution < -0.4 is 0 Å². The van der Waals surface area contributed by atoms with Gasteiger partial charge < -0.3 is 0 Å². The van der Waals surface area contributed by atoms with E-state index in [1.54, 1.807) is 24.3 Å². The number of benzene rings is 2. The molecule has 1 aliphatic heterocycles. The number of fused-ring (bicyclic) bond motifs is 3. The lowest BCUT2D eigenvalue weighted by molar-refractivity contribution is 0.568. The summed E-state index contributed by atoms with van der Waals surface area (Å²) in [7, 11) is -3.72. The van der Waals surface area contributed by atoms with E-state index in [0.717, 1.165) is 0 Å². The molecular formula is C12H6BrFO2S. The van der Waals surface area contributed by atoms with Gasteiger partial charge in [-0.25, -0.2) is 12.8 Å². The van der Waals surface area contributed by atoms with Crippen molar-refractivity contribution in [1.82, 2.24) is 0 Å². The highest BCUT2D eigenvalue weighted by molar-refractivity contribution is 9.10. The van der Waals surface area contributed by atoms with Gasteiger partial charge in [-0.3, -0.25) is 0 Å². The molecule has 0 saturated carbocycles. The molecule has 3 rings (SSSR count). The van der Waals surface area contributed by atoms with Gasteiger partial charge in [-0.15, -0.1) is 0 Å². The molecule has 5 heteroatoms. The van der Waals surface area contributed by atoms with Crippen molar-refractivity contribution in [1.29, 1.82) is 0 Å². The zero-order valence-electron chi connectivity index (χ0n) is 8.44. The first kappa shape index (κ1) is 10.9. The molecule has 0 fully saturated rings. The first-order chi connectivity index (χ1) is 8.03. The van der Waals surface area contributed by atoms with Crippen molar-refractivity contribution in [2.45, 2.75) is 9.79 Å². The summed E-state index contributed by atoms with van der Waals surface area (Å²) >= 11 is 3.01. The van der Waals surface area contributed by atoms with E-state index in [0.29, 0.717) is 11.1 Å². The summed E-state index contributed by atoms with van der Waals surface area (Å²) < 4.78 is 38.5. The SMILES string of the molecule is O=S1(=O)c2ccccc2-c2ccc(Br)c(F)c21. The first-order valence-corrected chi connectivity index (χ1v) is 7.13. The van der Waals surface area contributed by atoms with Gasteiger partial charge in [-0.05, 0) is 28.1 Å². The molecule has 17 heavy (non-hydrogen) atoms. The van der Waals surface area contributed by atoms with E-state index in [1.165, 1.54) is 12.1 Å². The lowest BCUT2D eigenvalue weighted by Gasteiger charge is -2.02. The highest BCUT2D eigenvalue weighted by atomic mass is 79.9. The number of hydrogen-bond acceptors (Lipinski definition) is 2. The van der Waals surface area contributed by atoms with Crippen molar-refractivity contribution in [3.05, 3.63) is 46.7 Å². The molecule has 2 aromatic carbocycles. The zero-order chi connectivity index (χ0) is 12.2. The van der Waals surface area contributed by atoms with Crippen molar-refractivity contribution in [2.75, 3.05) is 0 Å². The molecule has 0 saturated heterocycles. The quantitative estimate of drug-likeness (QED) is 0.637. The van der Waals surface area contributed by atoms with Gasteiger partial charge in [0.25, 0.3) is 0 Å². The predicted molar refractivity (Wildman–Crippen MR) is 65.0 cm³/mol. The Morgan fingerprint density at radius 1 is 1.00 bits per heavy atom. The molecule has 0 amide bonds. The van der Waals surface area contributed by atoms with Crippen LogP contribution in [0.15, 0.2) is 50.7 Å². The number of halogens is 2. The summed E-state index contributed by atoms with van der Waals surface area (Å²) in [5.74, 6) is -0.723. The minimum atomic E-state index is -3.72. The van der Waals surface area contributed by atoms with Crippen LogP contribution in [0.5, 0.6) is 0 Å². The van der Waals surface area contributed by atoms with Crippen LogP contribution in [-0.4, -0.2) is 8.42 Å². The van der Waals surface area contributed by atoms with Gasteiger partial charge in [0.05, 0.1) is 9.37 Å². The maximum absolute atomic E-state index is 13.9. The molecular weight excluding hydrogens is 307 g/mol. The monoisotopic (exact) mass is 312 g/mol. The second-order valence-corrected chi connectivity index (χ2v) is 6.45. The van der Waals surface area contributed by atoms with Gasteiger partial charge in [0.1, 0.15) is 4.90 Å². The predicted octanol–water partition coefficient (Wildman–Crippen LogP) is 3.40. The normalized spacial score (nSPS) is 15.4. The van der Waals surface area contributed by atoms with E-state index < -0.39 is 15.7 Å². The van der Waals surface area contributed by atoms with Gasteiger partial charge in [-0.1, -0.05) is 24.3 Å². The Bertz CT molecular complexity index is 738. The topological polar surface area (TPSA) is 34.1 Å². The average Bonchev–Trinajstić information content (AvgIpc) is 2.54. The van der Waals surface area contributed by atoms with Crippen LogP contribution in [0.3, 0.4) is 0 Å². The van der Waals surface area contributed by atoms with Crippen LogP contribution in [0, 0.1) is 5.82 Å². The molecule has 1 aliphatic rings. The van der Waals surface area contributed by atoms with Crippen molar-refractivity contribution < 1.29 is 12.8 Å². The van der Waals surface area contributed by atoms with Crippen LogP contribution in [0.1, 0.15) is 0 Å². The summed E-state index contributed by atoms with van der Waals surface area (Å²) in [6, 6.07) is 9.69. The first-order valence-electron chi connectivity index (χ1n) is 4.86. The van der Waals surface area contributed by atoms with Gasteiger partial charge in [-0.2, -0.15) is 0 Å². The van der Waals surface area contributed by atoms with Crippen molar-refractivity contribution >= 4 is 25.8 Å². The van der Waals surface area contributed by atoms with Crippen LogP contribution >= 0.6 is 15.9 Å². The van der Waals surface area contributed by atoms with Crippen molar-refractivity contribution in [3.8, 4) is 11.1 Å². The van der Waals surface area contributed by atoms with E-state index in [4.69, 9.17) is 0 Å². The molecule has 0 unspecified atom stereocenters. The molecule has 1 heterocycles. The highest BCUT2D eigenvalue weighted by Crippen LogP contribution is 2.45. The summed E-state index contributed by atoms with van der Waals surface area (Å²) in [4.78, 5) is -0.0555. The van der Waals surface area contributed by atoms with Crippen molar-refractivity contribution in [2.24, 2.45) is 0 Å². The molecule has 0 atom stereocenters. The van der Waals surface area contributed by atoms with Crippen LogP contribution in [-0.2, 0) is 9.84 Å².